The number of hydrogen-bond acceptors (Lipinski definition) is 7. The van der Waals surface area contributed by atoms with E-state index in [2.05, 4.69) is 15.2 Å². The van der Waals surface area contributed by atoms with Gasteiger partial charge < -0.3 is 18.8 Å². The Kier molecular flexibility index (Phi) is 5.29. The van der Waals surface area contributed by atoms with Crippen LogP contribution in [-0.4, -0.2) is 51.1 Å². The zero-order chi connectivity index (χ0) is 22.9. The summed E-state index contributed by atoms with van der Waals surface area (Å²) in [5.74, 6) is 2.48. The highest BCUT2D eigenvalue weighted by atomic mass is 16.5. The molecule has 0 unspecified atom stereocenters. The zero-order valence-corrected chi connectivity index (χ0v) is 18.6. The highest BCUT2D eigenvalue weighted by molar-refractivity contribution is 5.89. The smallest absolute Gasteiger partial charge is 0.358 e. The van der Waals surface area contributed by atoms with Crippen molar-refractivity contribution in [3.05, 3.63) is 71.6 Å². The number of ether oxygens (including phenoxy) is 3. The number of fused-ring (bicyclic) bond motifs is 5. The van der Waals surface area contributed by atoms with E-state index in [4.69, 9.17) is 14.2 Å². The molecule has 0 saturated carbocycles. The Morgan fingerprint density at radius 2 is 1.88 bits per heavy atom. The first-order chi connectivity index (χ1) is 16.1. The molecule has 33 heavy (non-hydrogen) atoms. The number of benzene rings is 2. The second kappa shape index (κ2) is 8.42. The molecule has 2 aromatic carbocycles. The molecule has 0 N–H and O–H groups in total. The highest BCUT2D eigenvalue weighted by Gasteiger charge is 2.29. The molecule has 0 bridgehead atoms. The van der Waals surface area contributed by atoms with Gasteiger partial charge in [0.2, 0.25) is 0 Å². The van der Waals surface area contributed by atoms with Crippen molar-refractivity contribution in [2.75, 3.05) is 20.8 Å². The Bertz CT molecular complexity index is 1340. The van der Waals surface area contributed by atoms with Crippen LogP contribution >= 0.6 is 0 Å². The lowest BCUT2D eigenvalue weighted by atomic mass is 10.1. The molecular formula is C24H23N5O4. The number of carbonyl (C=O) groups is 1. The SMILES string of the molecule is CCOC(=O)c1ncn2c1Cn1c(Cc3cccc(OC)c3)nnc1-c1cc(OC)ccc1-2. The van der Waals surface area contributed by atoms with Gasteiger partial charge in [-0.3, -0.25) is 4.57 Å². The second-order valence-corrected chi connectivity index (χ2v) is 7.57. The van der Waals surface area contributed by atoms with Gasteiger partial charge in [-0.2, -0.15) is 0 Å². The number of methoxy groups -OCH3 is 2. The lowest BCUT2D eigenvalue weighted by Crippen LogP contribution is -2.13. The number of hydrogen-bond donors (Lipinski definition) is 0. The van der Waals surface area contributed by atoms with Crippen LogP contribution < -0.4 is 9.47 Å². The zero-order valence-electron chi connectivity index (χ0n) is 18.6. The van der Waals surface area contributed by atoms with Crippen molar-refractivity contribution in [2.45, 2.75) is 19.9 Å². The third kappa shape index (κ3) is 3.61. The third-order valence-corrected chi connectivity index (χ3v) is 5.67. The van der Waals surface area contributed by atoms with Crippen LogP contribution in [0.5, 0.6) is 11.5 Å². The quantitative estimate of drug-likeness (QED) is 0.370. The molecule has 9 nitrogen and oxygen atoms in total. The summed E-state index contributed by atoms with van der Waals surface area (Å²) < 4.78 is 20.0. The number of rotatable bonds is 6. The molecule has 0 radical (unpaired) electrons. The summed E-state index contributed by atoms with van der Waals surface area (Å²) in [6.45, 7) is 2.42. The van der Waals surface area contributed by atoms with Crippen LogP contribution in [-0.2, 0) is 17.7 Å². The average molecular weight is 445 g/mol. The summed E-state index contributed by atoms with van der Waals surface area (Å²) in [7, 11) is 3.27. The third-order valence-electron chi connectivity index (χ3n) is 5.67. The van der Waals surface area contributed by atoms with E-state index in [1.807, 2.05) is 51.6 Å². The number of imidazole rings is 1. The lowest BCUT2D eigenvalue weighted by Gasteiger charge is -2.10. The summed E-state index contributed by atoms with van der Waals surface area (Å²) in [5, 5.41) is 9.02. The van der Waals surface area contributed by atoms with E-state index in [1.165, 1.54) is 0 Å². The number of aromatic nitrogens is 5. The van der Waals surface area contributed by atoms with Gasteiger partial charge in [0.25, 0.3) is 0 Å². The first kappa shape index (κ1) is 20.7. The van der Waals surface area contributed by atoms with E-state index in [9.17, 15) is 4.79 Å². The van der Waals surface area contributed by atoms with Gasteiger partial charge in [-0.1, -0.05) is 12.1 Å². The monoisotopic (exact) mass is 445 g/mol. The maximum atomic E-state index is 12.6. The van der Waals surface area contributed by atoms with Crippen LogP contribution in [0.25, 0.3) is 17.1 Å². The topological polar surface area (TPSA) is 93.3 Å². The molecule has 9 heteroatoms. The Labute approximate surface area is 190 Å². The molecule has 0 atom stereocenters. The first-order valence-corrected chi connectivity index (χ1v) is 10.6. The van der Waals surface area contributed by atoms with Gasteiger partial charge in [0.15, 0.2) is 11.5 Å². The van der Waals surface area contributed by atoms with Crippen molar-refractivity contribution in [3.8, 4) is 28.6 Å². The lowest BCUT2D eigenvalue weighted by molar-refractivity contribution is 0.0518. The minimum atomic E-state index is -0.452. The maximum absolute atomic E-state index is 12.6. The summed E-state index contributed by atoms with van der Waals surface area (Å²) in [6.07, 6.45) is 2.20. The Morgan fingerprint density at radius 3 is 2.67 bits per heavy atom. The number of esters is 1. The molecule has 5 rings (SSSR count). The van der Waals surface area contributed by atoms with Crippen LogP contribution in [0.15, 0.2) is 48.8 Å². The van der Waals surface area contributed by atoms with E-state index in [0.29, 0.717) is 30.2 Å². The van der Waals surface area contributed by atoms with Crippen molar-refractivity contribution < 1.29 is 19.0 Å². The molecule has 2 aromatic heterocycles. The van der Waals surface area contributed by atoms with Gasteiger partial charge >= 0.3 is 5.97 Å². The van der Waals surface area contributed by atoms with Gasteiger partial charge in [0, 0.05) is 12.0 Å². The first-order valence-electron chi connectivity index (χ1n) is 10.6. The fourth-order valence-corrected chi connectivity index (χ4v) is 4.08. The van der Waals surface area contributed by atoms with E-state index >= 15 is 0 Å². The van der Waals surface area contributed by atoms with E-state index < -0.39 is 5.97 Å². The minimum absolute atomic E-state index is 0.276. The summed E-state index contributed by atoms with van der Waals surface area (Å²) >= 11 is 0. The van der Waals surface area contributed by atoms with Crippen LogP contribution in [0.1, 0.15) is 34.5 Å². The highest BCUT2D eigenvalue weighted by Crippen LogP contribution is 2.35. The van der Waals surface area contributed by atoms with Gasteiger partial charge in [-0.25, -0.2) is 9.78 Å². The van der Waals surface area contributed by atoms with Crippen molar-refractivity contribution in [1.82, 2.24) is 24.3 Å². The molecule has 0 saturated heterocycles. The second-order valence-electron chi connectivity index (χ2n) is 7.57. The fraction of sp³-hybridized carbons (Fsp3) is 0.250. The largest absolute Gasteiger partial charge is 0.497 e. The Balaban J connectivity index is 1.67. The van der Waals surface area contributed by atoms with E-state index in [1.54, 1.807) is 27.5 Å². The molecule has 0 amide bonds. The van der Waals surface area contributed by atoms with Crippen molar-refractivity contribution in [3.63, 3.8) is 0 Å². The van der Waals surface area contributed by atoms with Crippen LogP contribution in [0.4, 0.5) is 0 Å². The van der Waals surface area contributed by atoms with Crippen LogP contribution in [0.3, 0.4) is 0 Å². The standard InChI is InChI=1S/C24H23N5O4/c1-4-33-24(30)22-20-13-28-21(11-15-6-5-7-16(10-15)31-2)26-27-23(28)18-12-17(32-3)8-9-19(18)29(20)14-25-22/h5-10,12,14H,4,11,13H2,1-3H3. The maximum Gasteiger partial charge on any atom is 0.358 e. The molecule has 4 aromatic rings. The minimum Gasteiger partial charge on any atom is -0.497 e. The van der Waals surface area contributed by atoms with Crippen molar-refractivity contribution in [2.24, 2.45) is 0 Å². The Hall–Kier alpha value is -4.14. The average Bonchev–Trinajstić information content (AvgIpc) is 3.40. The van der Waals surface area contributed by atoms with Crippen molar-refractivity contribution in [1.29, 1.82) is 0 Å². The van der Waals surface area contributed by atoms with Crippen LogP contribution in [0, 0.1) is 0 Å². The van der Waals surface area contributed by atoms with E-state index in [-0.39, 0.29) is 12.3 Å². The summed E-state index contributed by atoms with van der Waals surface area (Å²) in [5.41, 5.74) is 3.72. The number of nitrogens with zero attached hydrogens (tertiary/aromatic N) is 5. The number of carbonyl (C=O) groups excluding carboxylic acids is 1. The summed E-state index contributed by atoms with van der Waals surface area (Å²) in [4.78, 5) is 17.0. The predicted molar refractivity (Wildman–Crippen MR) is 120 cm³/mol. The predicted octanol–water partition coefficient (Wildman–Crippen LogP) is 3.28. The Morgan fingerprint density at radius 1 is 1.06 bits per heavy atom. The van der Waals surface area contributed by atoms with E-state index in [0.717, 1.165) is 28.4 Å². The molecule has 1 aliphatic heterocycles. The molecule has 0 spiro atoms. The molecule has 0 aliphatic carbocycles. The van der Waals surface area contributed by atoms with Gasteiger partial charge in [0.05, 0.1) is 38.8 Å². The fourth-order valence-electron chi connectivity index (χ4n) is 4.08. The van der Waals surface area contributed by atoms with Gasteiger partial charge in [-0.05, 0) is 42.8 Å². The molecule has 168 valence electrons. The van der Waals surface area contributed by atoms with Crippen molar-refractivity contribution >= 4 is 5.97 Å². The summed E-state index contributed by atoms with van der Waals surface area (Å²) in [6, 6.07) is 13.6. The van der Waals surface area contributed by atoms with Crippen LogP contribution in [0.2, 0.25) is 0 Å². The molecule has 3 heterocycles. The van der Waals surface area contributed by atoms with Gasteiger partial charge in [-0.15, -0.1) is 10.2 Å². The normalized spacial score (nSPS) is 11.7. The molecular weight excluding hydrogens is 422 g/mol. The molecule has 0 fully saturated rings. The molecule has 1 aliphatic rings. The van der Waals surface area contributed by atoms with Gasteiger partial charge in [0.1, 0.15) is 23.7 Å².